The molecule has 0 spiro atoms. The quantitative estimate of drug-likeness (QED) is 0.615. The van der Waals surface area contributed by atoms with Gasteiger partial charge in [0.15, 0.2) is 0 Å². The summed E-state index contributed by atoms with van der Waals surface area (Å²) < 4.78 is 0. The molecule has 0 radical (unpaired) electrons. The first-order valence-corrected chi connectivity index (χ1v) is 4.70. The van der Waals surface area contributed by atoms with E-state index in [2.05, 4.69) is 0 Å². The summed E-state index contributed by atoms with van der Waals surface area (Å²) in [6, 6.07) is 0. The van der Waals surface area contributed by atoms with E-state index in [1.165, 1.54) is 0 Å². The molecule has 0 aromatic carbocycles. The number of carbonyl (C=O) groups excluding carboxylic acids is 2. The van der Waals surface area contributed by atoms with E-state index in [9.17, 15) is 14.4 Å². The number of carboxylic acids is 1. The normalized spacial score (nSPS) is 23.3. The minimum atomic E-state index is -1.14. The molecule has 1 saturated carbocycles. The molecule has 0 aromatic rings. The Hall–Kier alpha value is -1.59. The highest BCUT2D eigenvalue weighted by molar-refractivity contribution is 5.89. The van der Waals surface area contributed by atoms with Crippen LogP contribution in [0.5, 0.6) is 0 Å². The largest absolute Gasteiger partial charge is 0.480 e. The van der Waals surface area contributed by atoms with E-state index in [-0.39, 0.29) is 24.3 Å². The van der Waals surface area contributed by atoms with Gasteiger partial charge in [0.1, 0.15) is 6.54 Å². The molecule has 84 valence electrons. The molecule has 1 aliphatic rings. The Labute approximate surface area is 87.0 Å². The highest BCUT2D eigenvalue weighted by Gasteiger charge is 2.42. The number of hydrogen-bond donors (Lipinski definition) is 2. The third-order valence-electron chi connectivity index (χ3n) is 2.41. The van der Waals surface area contributed by atoms with Gasteiger partial charge >= 0.3 is 5.97 Å². The molecule has 15 heavy (non-hydrogen) atoms. The molecular weight excluding hydrogens is 200 g/mol. The van der Waals surface area contributed by atoms with Gasteiger partial charge in [-0.05, 0) is 12.3 Å². The zero-order chi connectivity index (χ0) is 11.6. The third kappa shape index (κ3) is 3.23. The molecule has 0 aromatic heterocycles. The number of nitrogens with zero attached hydrogens (tertiary/aromatic N) is 1. The summed E-state index contributed by atoms with van der Waals surface area (Å²) in [5, 5.41) is 8.57. The lowest BCUT2D eigenvalue weighted by Crippen LogP contribution is -2.42. The fourth-order valence-electron chi connectivity index (χ4n) is 1.46. The Bertz CT molecular complexity index is 286. The van der Waals surface area contributed by atoms with Crippen molar-refractivity contribution in [2.75, 3.05) is 13.1 Å². The van der Waals surface area contributed by atoms with Crippen LogP contribution in [0.15, 0.2) is 0 Å². The van der Waals surface area contributed by atoms with Crippen LogP contribution < -0.4 is 5.73 Å². The number of aliphatic carboxylic acids is 1. The molecule has 1 fully saturated rings. The Morgan fingerprint density at radius 2 is 1.93 bits per heavy atom. The summed E-state index contributed by atoms with van der Waals surface area (Å²) >= 11 is 0. The van der Waals surface area contributed by atoms with Crippen molar-refractivity contribution in [2.45, 2.75) is 13.3 Å². The number of amides is 2. The molecule has 1 rings (SSSR count). The van der Waals surface area contributed by atoms with Crippen molar-refractivity contribution >= 4 is 17.8 Å². The maximum absolute atomic E-state index is 11.6. The Morgan fingerprint density at radius 3 is 2.27 bits per heavy atom. The van der Waals surface area contributed by atoms with Crippen molar-refractivity contribution in [1.29, 1.82) is 0 Å². The highest BCUT2D eigenvalue weighted by atomic mass is 16.4. The van der Waals surface area contributed by atoms with Crippen LogP contribution in [0.1, 0.15) is 13.3 Å². The SMILES string of the molecule is CC1CC1C(=O)N(CC(N)=O)CC(=O)O. The van der Waals surface area contributed by atoms with Crippen LogP contribution in [-0.2, 0) is 14.4 Å². The number of carbonyl (C=O) groups is 3. The molecular formula is C9H14N2O4. The van der Waals surface area contributed by atoms with Crippen LogP contribution in [0, 0.1) is 11.8 Å². The van der Waals surface area contributed by atoms with Crippen LogP contribution in [0.2, 0.25) is 0 Å². The lowest BCUT2D eigenvalue weighted by molar-refractivity contribution is -0.146. The lowest BCUT2D eigenvalue weighted by atomic mass is 10.3. The summed E-state index contributed by atoms with van der Waals surface area (Å²) in [5.74, 6) is -1.98. The Kier molecular flexibility index (Phi) is 3.28. The van der Waals surface area contributed by atoms with Gasteiger partial charge < -0.3 is 15.7 Å². The summed E-state index contributed by atoms with van der Waals surface area (Å²) in [4.78, 5) is 33.8. The van der Waals surface area contributed by atoms with Crippen LogP contribution in [0.25, 0.3) is 0 Å². The molecule has 2 amide bonds. The van der Waals surface area contributed by atoms with Crippen molar-refractivity contribution in [3.8, 4) is 0 Å². The number of nitrogens with two attached hydrogens (primary N) is 1. The fraction of sp³-hybridized carbons (Fsp3) is 0.667. The van der Waals surface area contributed by atoms with Crippen molar-refractivity contribution in [3.05, 3.63) is 0 Å². The predicted octanol–water partition coefficient (Wildman–Crippen LogP) is -0.959. The number of primary amides is 1. The third-order valence-corrected chi connectivity index (χ3v) is 2.41. The average molecular weight is 214 g/mol. The second-order valence-electron chi connectivity index (χ2n) is 3.87. The molecule has 0 saturated heterocycles. The minimum absolute atomic E-state index is 0.135. The first-order chi connectivity index (χ1) is 6.91. The fourth-order valence-corrected chi connectivity index (χ4v) is 1.46. The first-order valence-electron chi connectivity index (χ1n) is 4.70. The van der Waals surface area contributed by atoms with Crippen molar-refractivity contribution in [2.24, 2.45) is 17.6 Å². The van der Waals surface area contributed by atoms with E-state index in [1.807, 2.05) is 6.92 Å². The summed E-state index contributed by atoms with van der Waals surface area (Å²) in [7, 11) is 0. The van der Waals surface area contributed by atoms with E-state index in [4.69, 9.17) is 10.8 Å². The lowest BCUT2D eigenvalue weighted by Gasteiger charge is -2.18. The zero-order valence-electron chi connectivity index (χ0n) is 8.47. The van der Waals surface area contributed by atoms with Gasteiger partial charge in [0.05, 0.1) is 6.54 Å². The second kappa shape index (κ2) is 4.29. The average Bonchev–Trinajstić information content (AvgIpc) is 2.78. The molecule has 1 aliphatic carbocycles. The number of carboxylic acid groups (broad SMARTS) is 1. The van der Waals surface area contributed by atoms with Gasteiger partial charge in [0.25, 0.3) is 0 Å². The molecule has 2 atom stereocenters. The molecule has 6 nitrogen and oxygen atoms in total. The van der Waals surface area contributed by atoms with Gasteiger partial charge in [-0.2, -0.15) is 0 Å². The minimum Gasteiger partial charge on any atom is -0.480 e. The van der Waals surface area contributed by atoms with Crippen LogP contribution in [0.4, 0.5) is 0 Å². The summed E-state index contributed by atoms with van der Waals surface area (Å²) in [6.07, 6.45) is 0.758. The van der Waals surface area contributed by atoms with Gasteiger partial charge in [-0.3, -0.25) is 14.4 Å². The Balaban J connectivity index is 2.58. The van der Waals surface area contributed by atoms with Gasteiger partial charge in [-0.15, -0.1) is 0 Å². The monoisotopic (exact) mass is 214 g/mol. The molecule has 2 unspecified atom stereocenters. The standard InChI is InChI=1S/C9H14N2O4/c1-5-2-6(5)9(15)11(3-7(10)12)4-8(13)14/h5-6H,2-4H2,1H3,(H2,10,12)(H,13,14). The van der Waals surface area contributed by atoms with E-state index < -0.39 is 18.4 Å². The van der Waals surface area contributed by atoms with Gasteiger partial charge in [-0.25, -0.2) is 0 Å². The number of hydrogen-bond acceptors (Lipinski definition) is 3. The summed E-state index contributed by atoms with van der Waals surface area (Å²) in [5.41, 5.74) is 4.94. The van der Waals surface area contributed by atoms with Crippen molar-refractivity contribution in [3.63, 3.8) is 0 Å². The van der Waals surface area contributed by atoms with Crippen molar-refractivity contribution < 1.29 is 19.5 Å². The van der Waals surface area contributed by atoms with Gasteiger partial charge in [0.2, 0.25) is 11.8 Å². The van der Waals surface area contributed by atoms with Crippen LogP contribution in [-0.4, -0.2) is 40.9 Å². The second-order valence-corrected chi connectivity index (χ2v) is 3.87. The predicted molar refractivity (Wildman–Crippen MR) is 50.7 cm³/mol. The first kappa shape index (κ1) is 11.5. The molecule has 0 heterocycles. The molecule has 6 heteroatoms. The zero-order valence-corrected chi connectivity index (χ0v) is 8.47. The maximum Gasteiger partial charge on any atom is 0.323 e. The Morgan fingerprint density at radius 1 is 1.40 bits per heavy atom. The van der Waals surface area contributed by atoms with E-state index >= 15 is 0 Å². The number of rotatable bonds is 5. The smallest absolute Gasteiger partial charge is 0.323 e. The van der Waals surface area contributed by atoms with E-state index in [0.717, 1.165) is 11.3 Å². The maximum atomic E-state index is 11.6. The van der Waals surface area contributed by atoms with Crippen LogP contribution >= 0.6 is 0 Å². The van der Waals surface area contributed by atoms with Gasteiger partial charge in [-0.1, -0.05) is 6.92 Å². The van der Waals surface area contributed by atoms with Crippen LogP contribution in [0.3, 0.4) is 0 Å². The molecule has 0 aliphatic heterocycles. The summed E-state index contributed by atoms with van der Waals surface area (Å²) in [6.45, 7) is 1.12. The van der Waals surface area contributed by atoms with E-state index in [0.29, 0.717) is 0 Å². The van der Waals surface area contributed by atoms with Gasteiger partial charge in [0, 0.05) is 5.92 Å². The molecule has 3 N–H and O–H groups in total. The van der Waals surface area contributed by atoms with E-state index in [1.54, 1.807) is 0 Å². The van der Waals surface area contributed by atoms with Crippen molar-refractivity contribution in [1.82, 2.24) is 4.90 Å². The topological polar surface area (TPSA) is 101 Å². The molecule has 0 bridgehead atoms. The highest BCUT2D eigenvalue weighted by Crippen LogP contribution is 2.39.